The molecule has 0 bridgehead atoms. The number of carbonyl (C=O) groups excluding carboxylic acids is 3. The third-order valence-electron chi connectivity index (χ3n) is 5.00. The van der Waals surface area contributed by atoms with Crippen LogP contribution in [0.25, 0.3) is 20.4 Å². The molecule has 1 aliphatic heterocycles. The van der Waals surface area contributed by atoms with Crippen molar-refractivity contribution in [2.45, 2.75) is 39.5 Å². The molecule has 2 aromatic heterocycles. The van der Waals surface area contributed by atoms with E-state index in [2.05, 4.69) is 9.97 Å². The molecule has 0 amide bonds. The highest BCUT2D eigenvalue weighted by atomic mass is 32.2. The zero-order valence-electron chi connectivity index (χ0n) is 18.0. The highest BCUT2D eigenvalue weighted by Gasteiger charge is 2.62. The van der Waals surface area contributed by atoms with Gasteiger partial charge in [0.25, 0.3) is 5.78 Å². The van der Waals surface area contributed by atoms with Crippen LogP contribution in [-0.4, -0.2) is 50.4 Å². The lowest BCUT2D eigenvalue weighted by Gasteiger charge is -2.29. The molecule has 4 aromatic rings. The maximum Gasteiger partial charge on any atom is 0.377 e. The van der Waals surface area contributed by atoms with Gasteiger partial charge < -0.3 is 9.47 Å². The van der Waals surface area contributed by atoms with Gasteiger partial charge in [-0.3, -0.25) is 4.79 Å². The quantitative estimate of drug-likeness (QED) is 0.186. The number of hydrogen-bond donors (Lipinski definition) is 0. The van der Waals surface area contributed by atoms with Crippen molar-refractivity contribution in [2.75, 3.05) is 5.75 Å². The molecule has 0 spiro atoms. The molecule has 1 aliphatic rings. The smallest absolute Gasteiger partial charge is 0.377 e. The van der Waals surface area contributed by atoms with Gasteiger partial charge in [-0.25, -0.2) is 19.6 Å². The van der Waals surface area contributed by atoms with E-state index >= 15 is 0 Å². The predicted molar refractivity (Wildman–Crippen MR) is 135 cm³/mol. The minimum absolute atomic E-state index is 0.00157. The van der Waals surface area contributed by atoms with E-state index in [-0.39, 0.29) is 5.75 Å². The number of rotatable bonds is 7. The number of esters is 2. The van der Waals surface area contributed by atoms with Crippen molar-refractivity contribution < 1.29 is 23.9 Å². The van der Waals surface area contributed by atoms with E-state index in [0.717, 1.165) is 32.2 Å². The van der Waals surface area contributed by atoms with E-state index < -0.39 is 34.7 Å². The van der Waals surface area contributed by atoms with Gasteiger partial charge in [0.2, 0.25) is 5.60 Å². The summed E-state index contributed by atoms with van der Waals surface area (Å²) in [4.78, 5) is 47.9. The van der Waals surface area contributed by atoms with Gasteiger partial charge in [-0.2, -0.15) is 0 Å². The molecule has 3 heterocycles. The fraction of sp³-hybridized carbons (Fsp3) is 0.261. The van der Waals surface area contributed by atoms with Crippen LogP contribution in [-0.2, 0) is 23.9 Å². The largest absolute Gasteiger partial charge is 0.460 e. The summed E-state index contributed by atoms with van der Waals surface area (Å²) in [5.41, 5.74) is -0.163. The molecule has 0 saturated carbocycles. The van der Waals surface area contributed by atoms with Gasteiger partial charge in [-0.05, 0) is 38.1 Å². The summed E-state index contributed by atoms with van der Waals surface area (Å²) in [6, 6.07) is 15.3. The highest BCUT2D eigenvalue weighted by molar-refractivity contribution is 8.03. The van der Waals surface area contributed by atoms with Crippen molar-refractivity contribution in [1.82, 2.24) is 9.97 Å². The molecule has 0 radical (unpaired) electrons. The van der Waals surface area contributed by atoms with Gasteiger partial charge in [0, 0.05) is 0 Å². The van der Waals surface area contributed by atoms with Crippen molar-refractivity contribution in [3.05, 3.63) is 48.5 Å². The van der Waals surface area contributed by atoms with Crippen LogP contribution in [0.5, 0.6) is 0 Å². The maximum absolute atomic E-state index is 13.3. The lowest BCUT2D eigenvalue weighted by Crippen LogP contribution is -2.51. The second kappa shape index (κ2) is 9.29. The van der Waals surface area contributed by atoms with Crippen molar-refractivity contribution in [2.24, 2.45) is 0 Å². The second-order valence-electron chi connectivity index (χ2n) is 7.78. The van der Waals surface area contributed by atoms with E-state index in [4.69, 9.17) is 9.47 Å². The number of para-hydroxylation sites is 2. The Morgan fingerprint density at radius 1 is 1.03 bits per heavy atom. The Bertz CT molecular complexity index is 1350. The van der Waals surface area contributed by atoms with Crippen molar-refractivity contribution in [3.8, 4) is 0 Å². The maximum atomic E-state index is 13.3. The Kier molecular flexibility index (Phi) is 6.36. The van der Waals surface area contributed by atoms with Gasteiger partial charge in [-0.15, -0.1) is 22.7 Å². The molecular formula is C23H18N2O5S4. The number of nitrogens with zero attached hydrogens (tertiary/aromatic N) is 2. The van der Waals surface area contributed by atoms with E-state index in [1.807, 2.05) is 48.5 Å². The summed E-state index contributed by atoms with van der Waals surface area (Å²) < 4.78 is 14.2. The number of fused-ring (bicyclic) bond motifs is 2. The monoisotopic (exact) mass is 530 g/mol. The third-order valence-corrected chi connectivity index (χ3v) is 9.84. The number of Topliss-reactive ketones (excluding diaryl/α,β-unsaturated/α-hetero) is 1. The fourth-order valence-electron chi connectivity index (χ4n) is 3.45. The summed E-state index contributed by atoms with van der Waals surface area (Å²) in [5.74, 6) is -2.55. The molecule has 7 nitrogen and oxygen atoms in total. The van der Waals surface area contributed by atoms with Gasteiger partial charge in [0.15, 0.2) is 8.68 Å². The van der Waals surface area contributed by atoms with Crippen LogP contribution in [0, 0.1) is 0 Å². The predicted octanol–water partition coefficient (Wildman–Crippen LogP) is 4.98. The van der Waals surface area contributed by atoms with Gasteiger partial charge in [0.1, 0.15) is 5.25 Å². The molecule has 5 rings (SSSR count). The van der Waals surface area contributed by atoms with Crippen LogP contribution in [0.3, 0.4) is 0 Å². The van der Waals surface area contributed by atoms with Crippen LogP contribution in [0.15, 0.2) is 57.2 Å². The van der Waals surface area contributed by atoms with Crippen LogP contribution in [0.4, 0.5) is 0 Å². The Balaban J connectivity index is 1.49. The van der Waals surface area contributed by atoms with Crippen LogP contribution in [0.1, 0.15) is 13.8 Å². The molecule has 174 valence electrons. The van der Waals surface area contributed by atoms with Crippen LogP contribution < -0.4 is 0 Å². The zero-order valence-corrected chi connectivity index (χ0v) is 21.3. The fourth-order valence-corrected chi connectivity index (χ4v) is 8.20. The van der Waals surface area contributed by atoms with Crippen LogP contribution in [0.2, 0.25) is 0 Å². The molecule has 1 fully saturated rings. The SMILES string of the molecule is CC(C)OC(=O)C1(CSc2nc3ccccc3s2)OC(=O)C(=O)C1Sc1nc2ccccc2s1. The average Bonchev–Trinajstić information content (AvgIpc) is 3.48. The number of ketones is 1. The number of thioether (sulfide) groups is 2. The molecular weight excluding hydrogens is 513 g/mol. The molecule has 0 aliphatic carbocycles. The lowest BCUT2D eigenvalue weighted by molar-refractivity contribution is -0.174. The van der Waals surface area contributed by atoms with Gasteiger partial charge in [-0.1, -0.05) is 47.8 Å². The lowest BCUT2D eigenvalue weighted by atomic mass is 10.0. The van der Waals surface area contributed by atoms with Gasteiger partial charge in [0.05, 0.1) is 32.3 Å². The summed E-state index contributed by atoms with van der Waals surface area (Å²) >= 11 is 5.21. The molecule has 34 heavy (non-hydrogen) atoms. The van der Waals surface area contributed by atoms with Crippen molar-refractivity contribution in [1.29, 1.82) is 0 Å². The number of aromatic nitrogens is 2. The summed E-state index contributed by atoms with van der Waals surface area (Å²) in [5, 5.41) is -1.12. The number of carbonyl (C=O) groups is 3. The van der Waals surface area contributed by atoms with E-state index in [0.29, 0.717) is 8.68 Å². The number of thiazole rings is 2. The second-order valence-corrected chi connectivity index (χ2v) is 12.4. The zero-order chi connectivity index (χ0) is 23.9. The Morgan fingerprint density at radius 2 is 1.62 bits per heavy atom. The average molecular weight is 531 g/mol. The first-order valence-corrected chi connectivity index (χ1v) is 13.8. The molecule has 0 N–H and O–H groups in total. The molecule has 2 aromatic carbocycles. The first-order valence-electron chi connectivity index (χ1n) is 10.3. The van der Waals surface area contributed by atoms with Gasteiger partial charge >= 0.3 is 11.9 Å². The number of benzene rings is 2. The summed E-state index contributed by atoms with van der Waals surface area (Å²) in [7, 11) is 0. The Labute approximate surface area is 211 Å². The van der Waals surface area contributed by atoms with E-state index in [9.17, 15) is 14.4 Å². The Morgan fingerprint density at radius 3 is 2.24 bits per heavy atom. The minimum atomic E-state index is -1.79. The standard InChI is InChI=1S/C23H18N2O5S4/c1-12(2)29-20(28)23(11-31-21-24-13-7-3-5-9-15(13)32-21)18(17(26)19(27)30-23)34-22-25-14-8-4-6-10-16(14)33-22/h3-10,12,18H,11H2,1-2H3. The van der Waals surface area contributed by atoms with Crippen LogP contribution >= 0.6 is 46.2 Å². The van der Waals surface area contributed by atoms with E-state index in [1.165, 1.54) is 34.4 Å². The van der Waals surface area contributed by atoms with Crippen molar-refractivity contribution >= 4 is 84.4 Å². The molecule has 2 unspecified atom stereocenters. The summed E-state index contributed by atoms with van der Waals surface area (Å²) in [6.07, 6.45) is -0.445. The molecule has 1 saturated heterocycles. The molecule has 2 atom stereocenters. The summed E-state index contributed by atoms with van der Waals surface area (Å²) in [6.45, 7) is 3.42. The topological polar surface area (TPSA) is 95.5 Å². The first kappa shape index (κ1) is 23.3. The number of ether oxygens (including phenoxy) is 2. The minimum Gasteiger partial charge on any atom is -0.460 e. The first-order chi connectivity index (χ1) is 16.4. The Hall–Kier alpha value is -2.47. The molecule has 11 heteroatoms. The number of cyclic esters (lactones) is 1. The normalized spacial score (nSPS) is 20.4. The van der Waals surface area contributed by atoms with E-state index in [1.54, 1.807) is 13.8 Å². The third kappa shape index (κ3) is 4.33. The number of hydrogen-bond acceptors (Lipinski definition) is 11. The highest BCUT2D eigenvalue weighted by Crippen LogP contribution is 2.44. The van der Waals surface area contributed by atoms with Crippen molar-refractivity contribution in [3.63, 3.8) is 0 Å².